The Morgan fingerprint density at radius 1 is 1.18 bits per heavy atom. The Labute approximate surface area is 127 Å². The topological polar surface area (TPSA) is 104 Å². The predicted molar refractivity (Wildman–Crippen MR) is 80.7 cm³/mol. The third-order valence-corrected chi connectivity index (χ3v) is 3.95. The van der Waals surface area contributed by atoms with Crippen LogP contribution in [0, 0.1) is 6.92 Å². The lowest BCUT2D eigenvalue weighted by Gasteiger charge is -2.07. The first-order valence-corrected chi connectivity index (χ1v) is 7.96. The van der Waals surface area contributed by atoms with Gasteiger partial charge in [-0.05, 0) is 37.3 Å². The van der Waals surface area contributed by atoms with Crippen LogP contribution in [0.3, 0.4) is 0 Å². The molecule has 0 aliphatic carbocycles. The predicted octanol–water partition coefficient (Wildman–Crippen LogP) is 1.29. The summed E-state index contributed by atoms with van der Waals surface area (Å²) in [5.41, 5.74) is 2.53. The maximum absolute atomic E-state index is 11.3. The van der Waals surface area contributed by atoms with E-state index >= 15 is 0 Å². The number of aromatic nitrogens is 4. The maximum Gasteiger partial charge on any atom is 0.239 e. The molecule has 0 saturated heterocycles. The fraction of sp³-hybridized carbons (Fsp3) is 0.0714. The van der Waals surface area contributed by atoms with Gasteiger partial charge in [-0.25, -0.2) is 23.2 Å². The molecule has 0 amide bonds. The number of pyridine rings is 2. The van der Waals surface area contributed by atoms with Crippen LogP contribution in [0.1, 0.15) is 5.69 Å². The van der Waals surface area contributed by atoms with E-state index < -0.39 is 10.0 Å². The molecule has 0 atom stereocenters. The van der Waals surface area contributed by atoms with E-state index in [1.165, 1.54) is 12.3 Å². The number of primary sulfonamides is 1. The van der Waals surface area contributed by atoms with Crippen LogP contribution in [0.5, 0.6) is 0 Å². The van der Waals surface area contributed by atoms with Gasteiger partial charge in [0.05, 0.1) is 11.4 Å². The quantitative estimate of drug-likeness (QED) is 0.784. The van der Waals surface area contributed by atoms with E-state index in [-0.39, 0.29) is 4.90 Å². The Morgan fingerprint density at radius 3 is 2.59 bits per heavy atom. The minimum Gasteiger partial charge on any atom is -0.264 e. The molecule has 22 heavy (non-hydrogen) atoms. The van der Waals surface area contributed by atoms with Gasteiger partial charge in [0.25, 0.3) is 0 Å². The molecule has 3 rings (SSSR count). The molecule has 3 aromatic heterocycles. The minimum absolute atomic E-state index is 0.0388. The second kappa shape index (κ2) is 5.32. The van der Waals surface area contributed by atoms with E-state index in [0.29, 0.717) is 5.82 Å². The number of sulfonamides is 1. The van der Waals surface area contributed by atoms with Crippen LogP contribution >= 0.6 is 0 Å². The normalized spacial score (nSPS) is 11.5. The molecule has 3 heterocycles. The average Bonchev–Trinajstić information content (AvgIpc) is 2.89. The Hall–Kier alpha value is -2.58. The van der Waals surface area contributed by atoms with Crippen molar-refractivity contribution in [3.05, 3.63) is 54.6 Å². The van der Waals surface area contributed by atoms with Gasteiger partial charge in [0.2, 0.25) is 10.0 Å². The monoisotopic (exact) mass is 315 g/mol. The van der Waals surface area contributed by atoms with Gasteiger partial charge in [-0.3, -0.25) is 4.98 Å². The van der Waals surface area contributed by atoms with Crippen molar-refractivity contribution < 1.29 is 8.42 Å². The summed E-state index contributed by atoms with van der Waals surface area (Å²) in [4.78, 5) is 8.19. The summed E-state index contributed by atoms with van der Waals surface area (Å²) in [6.07, 6.45) is 4.64. The molecule has 0 bridgehead atoms. The number of nitrogens with zero attached hydrogens (tertiary/aromatic N) is 4. The molecule has 0 aliphatic rings. The van der Waals surface area contributed by atoms with Crippen molar-refractivity contribution >= 4 is 10.0 Å². The van der Waals surface area contributed by atoms with Crippen molar-refractivity contribution in [3.8, 4) is 17.1 Å². The lowest BCUT2D eigenvalue weighted by Crippen LogP contribution is -2.13. The first-order chi connectivity index (χ1) is 10.4. The Balaban J connectivity index is 2.10. The van der Waals surface area contributed by atoms with Crippen LogP contribution in [-0.4, -0.2) is 28.2 Å². The number of hydrogen-bond acceptors (Lipinski definition) is 5. The Morgan fingerprint density at radius 2 is 2.00 bits per heavy atom. The molecule has 0 aliphatic heterocycles. The van der Waals surface area contributed by atoms with Gasteiger partial charge in [0, 0.05) is 24.2 Å². The van der Waals surface area contributed by atoms with E-state index in [1.807, 2.05) is 25.1 Å². The van der Waals surface area contributed by atoms with Crippen LogP contribution in [0.4, 0.5) is 0 Å². The molecule has 0 radical (unpaired) electrons. The summed E-state index contributed by atoms with van der Waals surface area (Å²) in [5.74, 6) is 0.499. The summed E-state index contributed by atoms with van der Waals surface area (Å²) < 4.78 is 24.2. The second-order valence-electron chi connectivity index (χ2n) is 4.72. The van der Waals surface area contributed by atoms with E-state index in [1.54, 1.807) is 23.1 Å². The molecule has 0 saturated carbocycles. The maximum atomic E-state index is 11.3. The van der Waals surface area contributed by atoms with Crippen molar-refractivity contribution in [1.82, 2.24) is 19.7 Å². The molecule has 0 fully saturated rings. The van der Waals surface area contributed by atoms with Crippen LogP contribution in [0.25, 0.3) is 17.1 Å². The zero-order valence-corrected chi connectivity index (χ0v) is 12.5. The Bertz CT molecular complexity index is 902. The summed E-state index contributed by atoms with van der Waals surface area (Å²) in [5, 5.41) is 9.47. The highest BCUT2D eigenvalue weighted by Gasteiger charge is 2.13. The number of rotatable bonds is 3. The standard InChI is InChI=1S/C14H13N5O2S/c1-10-7-13(11-3-2-6-16-8-11)19(18-10)14-5-4-12(9-17-14)22(15,20)21/h2-9H,1H3,(H2,15,20,21). The van der Waals surface area contributed by atoms with Crippen molar-refractivity contribution in [2.24, 2.45) is 5.14 Å². The molecular formula is C14H13N5O2S. The van der Waals surface area contributed by atoms with Crippen LogP contribution in [0.2, 0.25) is 0 Å². The van der Waals surface area contributed by atoms with Crippen LogP contribution < -0.4 is 5.14 Å². The minimum atomic E-state index is -3.76. The summed E-state index contributed by atoms with van der Waals surface area (Å²) in [7, 11) is -3.76. The molecule has 7 nitrogen and oxygen atoms in total. The van der Waals surface area contributed by atoms with Gasteiger partial charge in [0.1, 0.15) is 4.90 Å². The lowest BCUT2D eigenvalue weighted by atomic mass is 10.2. The van der Waals surface area contributed by atoms with Gasteiger partial charge in [-0.15, -0.1) is 0 Å². The fourth-order valence-electron chi connectivity index (χ4n) is 2.06. The lowest BCUT2D eigenvalue weighted by molar-refractivity contribution is 0.597. The van der Waals surface area contributed by atoms with Crippen LogP contribution in [0.15, 0.2) is 53.8 Å². The smallest absolute Gasteiger partial charge is 0.239 e. The average molecular weight is 315 g/mol. The molecule has 0 unspecified atom stereocenters. The molecule has 0 aromatic carbocycles. The van der Waals surface area contributed by atoms with Crippen molar-refractivity contribution in [2.75, 3.05) is 0 Å². The van der Waals surface area contributed by atoms with E-state index in [0.717, 1.165) is 17.0 Å². The number of aryl methyl sites for hydroxylation is 1. The summed E-state index contributed by atoms with van der Waals surface area (Å²) >= 11 is 0. The largest absolute Gasteiger partial charge is 0.264 e. The fourth-order valence-corrected chi connectivity index (χ4v) is 2.52. The van der Waals surface area contributed by atoms with E-state index in [2.05, 4.69) is 15.1 Å². The van der Waals surface area contributed by atoms with Crippen molar-refractivity contribution in [3.63, 3.8) is 0 Å². The van der Waals surface area contributed by atoms with Gasteiger partial charge < -0.3 is 0 Å². The van der Waals surface area contributed by atoms with Gasteiger partial charge in [-0.2, -0.15) is 5.10 Å². The molecule has 2 N–H and O–H groups in total. The molecular weight excluding hydrogens is 302 g/mol. The van der Waals surface area contributed by atoms with Gasteiger partial charge in [0.15, 0.2) is 5.82 Å². The molecule has 8 heteroatoms. The first kappa shape index (κ1) is 14.4. The zero-order valence-electron chi connectivity index (χ0n) is 11.7. The molecule has 3 aromatic rings. The second-order valence-corrected chi connectivity index (χ2v) is 6.28. The summed E-state index contributed by atoms with van der Waals surface area (Å²) in [6.45, 7) is 1.87. The van der Waals surface area contributed by atoms with E-state index in [9.17, 15) is 8.42 Å². The van der Waals surface area contributed by atoms with E-state index in [4.69, 9.17) is 5.14 Å². The SMILES string of the molecule is Cc1cc(-c2cccnc2)n(-c2ccc(S(N)(=O)=O)cn2)n1. The van der Waals surface area contributed by atoms with Gasteiger partial charge in [-0.1, -0.05) is 0 Å². The number of hydrogen-bond donors (Lipinski definition) is 1. The first-order valence-electron chi connectivity index (χ1n) is 6.41. The third kappa shape index (κ3) is 2.74. The highest BCUT2D eigenvalue weighted by molar-refractivity contribution is 7.89. The summed E-state index contributed by atoms with van der Waals surface area (Å²) in [6, 6.07) is 8.62. The van der Waals surface area contributed by atoms with Gasteiger partial charge >= 0.3 is 0 Å². The third-order valence-electron chi connectivity index (χ3n) is 3.06. The number of nitrogens with two attached hydrogens (primary N) is 1. The van der Waals surface area contributed by atoms with Crippen molar-refractivity contribution in [2.45, 2.75) is 11.8 Å². The highest BCUT2D eigenvalue weighted by Crippen LogP contribution is 2.22. The van der Waals surface area contributed by atoms with Crippen LogP contribution in [-0.2, 0) is 10.0 Å². The zero-order chi connectivity index (χ0) is 15.7. The Kier molecular flexibility index (Phi) is 3.47. The van der Waals surface area contributed by atoms with Crippen molar-refractivity contribution in [1.29, 1.82) is 0 Å². The molecule has 0 spiro atoms. The highest BCUT2D eigenvalue weighted by atomic mass is 32.2. The molecule has 112 valence electrons.